The van der Waals surface area contributed by atoms with E-state index >= 15 is 0 Å². The molecule has 88 valence electrons. The van der Waals surface area contributed by atoms with Crippen LogP contribution in [0.1, 0.15) is 24.8 Å². The van der Waals surface area contributed by atoms with Gasteiger partial charge in [0.1, 0.15) is 0 Å². The molecule has 1 aliphatic heterocycles. The van der Waals surface area contributed by atoms with Gasteiger partial charge >= 0.3 is 0 Å². The Labute approximate surface area is 109 Å². The Bertz CT molecular complexity index is 477. The van der Waals surface area contributed by atoms with E-state index in [0.717, 1.165) is 15.7 Å². The highest BCUT2D eigenvalue weighted by Crippen LogP contribution is 2.34. The molecule has 1 aliphatic carbocycles. The monoisotopic (exact) mass is 292 g/mol. The van der Waals surface area contributed by atoms with Crippen molar-refractivity contribution in [2.24, 2.45) is 11.0 Å². The molecule has 2 aliphatic rings. The second-order valence-electron chi connectivity index (χ2n) is 4.62. The molecule has 1 fully saturated rings. The molecule has 0 unspecified atom stereocenters. The van der Waals surface area contributed by atoms with Crippen molar-refractivity contribution in [1.29, 1.82) is 0 Å². The number of benzene rings is 1. The van der Waals surface area contributed by atoms with Crippen LogP contribution in [0.5, 0.6) is 0 Å². The molecule has 0 spiro atoms. The van der Waals surface area contributed by atoms with Crippen molar-refractivity contribution in [2.75, 3.05) is 0 Å². The predicted octanol–water partition coefficient (Wildman–Crippen LogP) is 2.95. The Hall–Kier alpha value is -1.16. The maximum Gasteiger partial charge on any atom is 0.248 e. The van der Waals surface area contributed by atoms with Crippen LogP contribution in [0.25, 0.3) is 0 Å². The fraction of sp³-hybridized carbons (Fsp3) is 0.385. The van der Waals surface area contributed by atoms with Gasteiger partial charge in [0.15, 0.2) is 0 Å². The zero-order chi connectivity index (χ0) is 11.8. The van der Waals surface area contributed by atoms with E-state index in [1.807, 2.05) is 24.3 Å². The zero-order valence-electron chi connectivity index (χ0n) is 9.40. The molecular formula is C13H13BrN2O. The average Bonchev–Trinajstić information content (AvgIpc) is 3.09. The Morgan fingerprint density at radius 3 is 2.65 bits per heavy atom. The van der Waals surface area contributed by atoms with Crippen LogP contribution in [0.3, 0.4) is 0 Å². The number of amides is 1. The van der Waals surface area contributed by atoms with Crippen LogP contribution in [0.2, 0.25) is 0 Å². The van der Waals surface area contributed by atoms with Gasteiger partial charge in [0, 0.05) is 4.47 Å². The molecule has 3 rings (SSSR count). The van der Waals surface area contributed by atoms with Crippen LogP contribution >= 0.6 is 15.9 Å². The molecule has 4 heteroatoms. The van der Waals surface area contributed by atoms with Crippen LogP contribution < -0.4 is 0 Å². The predicted molar refractivity (Wildman–Crippen MR) is 69.5 cm³/mol. The lowest BCUT2D eigenvalue weighted by Crippen LogP contribution is -2.19. The van der Waals surface area contributed by atoms with Gasteiger partial charge in [-0.2, -0.15) is 5.10 Å². The number of hydrogen-bond donors (Lipinski definition) is 0. The lowest BCUT2D eigenvalue weighted by Gasteiger charge is -2.11. The molecule has 0 N–H and O–H groups in total. The maximum atomic E-state index is 11.8. The number of carbonyl (C=O) groups excluding carboxylic acids is 1. The van der Waals surface area contributed by atoms with Crippen LogP contribution in [0.15, 0.2) is 33.8 Å². The van der Waals surface area contributed by atoms with Gasteiger partial charge in [0.05, 0.1) is 18.7 Å². The van der Waals surface area contributed by atoms with E-state index in [9.17, 15) is 4.79 Å². The minimum atomic E-state index is 0.134. The van der Waals surface area contributed by atoms with E-state index in [2.05, 4.69) is 21.0 Å². The molecule has 0 atom stereocenters. The van der Waals surface area contributed by atoms with Gasteiger partial charge < -0.3 is 0 Å². The van der Waals surface area contributed by atoms with E-state index in [1.54, 1.807) is 5.01 Å². The van der Waals surface area contributed by atoms with Gasteiger partial charge in [-0.15, -0.1) is 0 Å². The summed E-state index contributed by atoms with van der Waals surface area (Å²) in [7, 11) is 0. The number of nitrogens with zero attached hydrogens (tertiary/aromatic N) is 2. The van der Waals surface area contributed by atoms with Crippen molar-refractivity contribution in [2.45, 2.75) is 25.8 Å². The molecule has 0 aromatic heterocycles. The number of hydrogen-bond acceptors (Lipinski definition) is 2. The van der Waals surface area contributed by atoms with Crippen molar-refractivity contribution in [3.05, 3.63) is 34.3 Å². The third-order valence-electron chi connectivity index (χ3n) is 3.16. The highest BCUT2D eigenvalue weighted by atomic mass is 79.9. The van der Waals surface area contributed by atoms with E-state index in [4.69, 9.17) is 0 Å². The summed E-state index contributed by atoms with van der Waals surface area (Å²) in [6.07, 6.45) is 2.94. The molecular weight excluding hydrogens is 280 g/mol. The molecule has 1 aromatic rings. The quantitative estimate of drug-likeness (QED) is 0.843. The minimum Gasteiger partial charge on any atom is -0.273 e. The summed E-state index contributed by atoms with van der Waals surface area (Å²) >= 11 is 3.40. The molecule has 1 amide bonds. The van der Waals surface area contributed by atoms with E-state index < -0.39 is 0 Å². The Balaban J connectivity index is 1.72. The molecule has 1 heterocycles. The summed E-state index contributed by atoms with van der Waals surface area (Å²) in [6.45, 7) is 0.586. The summed E-state index contributed by atoms with van der Waals surface area (Å²) in [5, 5.41) is 6.05. The van der Waals surface area contributed by atoms with Gasteiger partial charge in [0.25, 0.3) is 0 Å². The summed E-state index contributed by atoms with van der Waals surface area (Å²) in [6, 6.07) is 8.01. The Morgan fingerprint density at radius 1 is 1.29 bits per heavy atom. The second-order valence-corrected chi connectivity index (χ2v) is 5.54. The molecule has 3 nitrogen and oxygen atoms in total. The smallest absolute Gasteiger partial charge is 0.248 e. The summed E-state index contributed by atoms with van der Waals surface area (Å²) in [4.78, 5) is 11.8. The molecule has 0 bridgehead atoms. The molecule has 0 radical (unpaired) electrons. The standard InChI is InChI=1S/C13H13BrN2O/c14-11-5-1-9(2-6-11)8-16-13(17)7-12(15-16)10-3-4-10/h1-2,5-6,10H,3-4,7-8H2. The normalized spacial score (nSPS) is 19.7. The SMILES string of the molecule is O=C1CC(C2CC2)=NN1Cc1ccc(Br)cc1. The van der Waals surface area contributed by atoms with Crippen LogP contribution in [-0.4, -0.2) is 16.6 Å². The fourth-order valence-corrected chi connectivity index (χ4v) is 2.29. The van der Waals surface area contributed by atoms with Gasteiger partial charge in [-0.25, -0.2) is 5.01 Å². The first-order valence-electron chi connectivity index (χ1n) is 5.84. The molecule has 17 heavy (non-hydrogen) atoms. The number of hydrazone groups is 1. The van der Waals surface area contributed by atoms with Gasteiger partial charge in [-0.05, 0) is 36.5 Å². The topological polar surface area (TPSA) is 32.7 Å². The van der Waals surface area contributed by atoms with Crippen LogP contribution in [0, 0.1) is 5.92 Å². The third-order valence-corrected chi connectivity index (χ3v) is 3.69. The summed E-state index contributed by atoms with van der Waals surface area (Å²) in [5.74, 6) is 0.726. The van der Waals surface area contributed by atoms with Gasteiger partial charge in [0.2, 0.25) is 5.91 Å². The lowest BCUT2D eigenvalue weighted by molar-refractivity contribution is -0.129. The highest BCUT2D eigenvalue weighted by Gasteiger charge is 2.34. The van der Waals surface area contributed by atoms with E-state index in [1.165, 1.54) is 12.8 Å². The van der Waals surface area contributed by atoms with Crippen LogP contribution in [-0.2, 0) is 11.3 Å². The van der Waals surface area contributed by atoms with Crippen molar-refractivity contribution in [3.8, 4) is 0 Å². The Morgan fingerprint density at radius 2 is 2.00 bits per heavy atom. The Kier molecular flexibility index (Phi) is 2.74. The largest absolute Gasteiger partial charge is 0.273 e. The van der Waals surface area contributed by atoms with E-state index in [-0.39, 0.29) is 5.91 Å². The number of halogens is 1. The zero-order valence-corrected chi connectivity index (χ0v) is 11.0. The molecule has 1 saturated carbocycles. The van der Waals surface area contributed by atoms with Crippen molar-refractivity contribution < 1.29 is 4.79 Å². The number of rotatable bonds is 3. The molecule has 1 aromatic carbocycles. The number of carbonyl (C=O) groups is 1. The fourth-order valence-electron chi connectivity index (χ4n) is 2.02. The van der Waals surface area contributed by atoms with Crippen molar-refractivity contribution in [1.82, 2.24) is 5.01 Å². The summed E-state index contributed by atoms with van der Waals surface area (Å²) in [5.41, 5.74) is 2.20. The average molecular weight is 293 g/mol. The first-order valence-corrected chi connectivity index (χ1v) is 6.64. The molecule has 0 saturated heterocycles. The van der Waals surface area contributed by atoms with E-state index in [0.29, 0.717) is 18.9 Å². The van der Waals surface area contributed by atoms with Crippen molar-refractivity contribution in [3.63, 3.8) is 0 Å². The first kappa shape index (κ1) is 11.0. The first-order chi connectivity index (χ1) is 8.22. The van der Waals surface area contributed by atoms with Crippen molar-refractivity contribution >= 4 is 27.5 Å². The lowest BCUT2D eigenvalue weighted by atomic mass is 10.2. The maximum absolute atomic E-state index is 11.8. The highest BCUT2D eigenvalue weighted by molar-refractivity contribution is 9.10. The van der Waals surface area contributed by atoms with Gasteiger partial charge in [-0.3, -0.25) is 4.79 Å². The van der Waals surface area contributed by atoms with Crippen LogP contribution in [0.4, 0.5) is 0 Å². The van der Waals surface area contributed by atoms with Gasteiger partial charge in [-0.1, -0.05) is 28.1 Å². The second kappa shape index (κ2) is 4.26. The third kappa shape index (κ3) is 2.41. The minimum absolute atomic E-state index is 0.134. The summed E-state index contributed by atoms with van der Waals surface area (Å²) < 4.78 is 1.05.